The van der Waals surface area contributed by atoms with Crippen LogP contribution in [0.25, 0.3) is 0 Å². The maximum absolute atomic E-state index is 8.67. The molecule has 0 saturated heterocycles. The van der Waals surface area contributed by atoms with Gasteiger partial charge in [0.15, 0.2) is 0 Å². The van der Waals surface area contributed by atoms with Gasteiger partial charge in [-0.05, 0) is 19.3 Å². The van der Waals surface area contributed by atoms with E-state index in [9.17, 15) is 0 Å². The molecule has 0 aliphatic heterocycles. The predicted molar refractivity (Wildman–Crippen MR) is 78.9 cm³/mol. The topological polar surface area (TPSA) is 29.0 Å². The summed E-state index contributed by atoms with van der Waals surface area (Å²) in [6.07, 6.45) is 19.4. The van der Waals surface area contributed by atoms with Gasteiger partial charge in [0, 0.05) is 6.61 Å². The first-order valence-corrected chi connectivity index (χ1v) is 7.95. The number of unbranched alkanes of at least 4 members (excludes halogenated alkanes) is 9. The molecule has 0 aromatic carbocycles. The Labute approximate surface area is 118 Å². The van der Waals surface area contributed by atoms with Crippen LogP contribution in [0.3, 0.4) is 0 Å². The summed E-state index contributed by atoms with van der Waals surface area (Å²) in [5, 5.41) is 8.67. The van der Waals surface area contributed by atoms with Crippen molar-refractivity contribution in [3.8, 4) is 0 Å². The average molecular weight is 267 g/mol. The van der Waals surface area contributed by atoms with E-state index in [0.29, 0.717) is 6.61 Å². The van der Waals surface area contributed by atoms with Crippen molar-refractivity contribution in [1.82, 2.24) is 4.57 Å². The number of aromatic nitrogens is 2. The lowest BCUT2D eigenvalue weighted by Gasteiger charge is -2.01. The number of aryl methyl sites for hydroxylation is 2. The fourth-order valence-corrected chi connectivity index (χ4v) is 2.45. The highest BCUT2D eigenvalue weighted by Crippen LogP contribution is 2.10. The number of aliphatic hydroxyl groups is 1. The molecule has 0 bridgehead atoms. The Kier molecular flexibility index (Phi) is 9.42. The summed E-state index contributed by atoms with van der Waals surface area (Å²) >= 11 is 0. The van der Waals surface area contributed by atoms with Crippen molar-refractivity contribution >= 4 is 0 Å². The summed E-state index contributed by atoms with van der Waals surface area (Å²) in [4.78, 5) is 0. The molecule has 110 valence electrons. The van der Waals surface area contributed by atoms with Gasteiger partial charge >= 0.3 is 0 Å². The van der Waals surface area contributed by atoms with Gasteiger partial charge in [-0.3, -0.25) is 0 Å². The molecule has 1 heterocycles. The van der Waals surface area contributed by atoms with Crippen LogP contribution < -0.4 is 4.57 Å². The molecule has 0 saturated carbocycles. The minimum Gasteiger partial charge on any atom is -0.396 e. The highest BCUT2D eigenvalue weighted by atomic mass is 16.2. The summed E-state index contributed by atoms with van der Waals surface area (Å²) in [5.74, 6) is 0. The van der Waals surface area contributed by atoms with Crippen LogP contribution in [0.15, 0.2) is 18.7 Å². The Hall–Kier alpha value is -0.830. The molecular formula is C16H31N2O+. The molecule has 0 radical (unpaired) electrons. The van der Waals surface area contributed by atoms with E-state index in [1.807, 2.05) is 0 Å². The predicted octanol–water partition coefficient (Wildman–Crippen LogP) is 3.21. The van der Waals surface area contributed by atoms with Crippen LogP contribution in [-0.2, 0) is 13.6 Å². The molecule has 0 spiro atoms. The van der Waals surface area contributed by atoms with Crippen LogP contribution in [-0.4, -0.2) is 16.3 Å². The van der Waals surface area contributed by atoms with Crippen LogP contribution in [0, 0.1) is 0 Å². The second-order valence-corrected chi connectivity index (χ2v) is 5.58. The van der Waals surface area contributed by atoms with Crippen molar-refractivity contribution < 1.29 is 9.67 Å². The van der Waals surface area contributed by atoms with Crippen LogP contribution >= 0.6 is 0 Å². The zero-order valence-electron chi connectivity index (χ0n) is 12.6. The van der Waals surface area contributed by atoms with Gasteiger partial charge in [0.2, 0.25) is 6.33 Å². The van der Waals surface area contributed by atoms with Crippen molar-refractivity contribution in [3.05, 3.63) is 18.7 Å². The highest BCUT2D eigenvalue weighted by molar-refractivity contribution is 4.61. The Bertz CT molecular complexity index is 309. The number of rotatable bonds is 12. The summed E-state index contributed by atoms with van der Waals surface area (Å²) < 4.78 is 4.36. The molecular weight excluding hydrogens is 236 g/mol. The smallest absolute Gasteiger partial charge is 0.243 e. The molecule has 1 aromatic rings. The van der Waals surface area contributed by atoms with Crippen molar-refractivity contribution in [3.63, 3.8) is 0 Å². The molecule has 3 heteroatoms. The number of hydrogen-bond donors (Lipinski definition) is 1. The molecule has 1 aromatic heterocycles. The van der Waals surface area contributed by atoms with Crippen molar-refractivity contribution in [2.45, 2.75) is 70.8 Å². The molecule has 0 atom stereocenters. The molecule has 0 unspecified atom stereocenters. The second kappa shape index (κ2) is 11.0. The van der Waals surface area contributed by atoms with E-state index in [1.165, 1.54) is 57.8 Å². The second-order valence-electron chi connectivity index (χ2n) is 5.58. The molecule has 1 rings (SSSR count). The third-order valence-electron chi connectivity index (χ3n) is 3.65. The fraction of sp³-hybridized carbons (Fsp3) is 0.812. The number of imidazole rings is 1. The number of hydrogen-bond acceptors (Lipinski definition) is 1. The summed E-state index contributed by atoms with van der Waals surface area (Å²) in [7, 11) is 2.07. The third-order valence-corrected chi connectivity index (χ3v) is 3.65. The van der Waals surface area contributed by atoms with Crippen LogP contribution in [0.2, 0.25) is 0 Å². The average Bonchev–Trinajstić information content (AvgIpc) is 2.82. The molecule has 1 N–H and O–H groups in total. The number of nitrogens with zero attached hydrogens (tertiary/aromatic N) is 2. The van der Waals surface area contributed by atoms with Gasteiger partial charge in [-0.2, -0.15) is 0 Å². The van der Waals surface area contributed by atoms with Gasteiger partial charge in [0.1, 0.15) is 12.4 Å². The Balaban J connectivity index is 1.79. The van der Waals surface area contributed by atoms with E-state index in [2.05, 4.69) is 34.9 Å². The maximum Gasteiger partial charge on any atom is 0.243 e. The lowest BCUT2D eigenvalue weighted by atomic mass is 10.1. The Morgan fingerprint density at radius 1 is 0.842 bits per heavy atom. The molecule has 0 amide bonds. The van der Waals surface area contributed by atoms with Gasteiger partial charge < -0.3 is 5.11 Å². The highest BCUT2D eigenvalue weighted by Gasteiger charge is 1.99. The zero-order valence-corrected chi connectivity index (χ0v) is 12.6. The van der Waals surface area contributed by atoms with E-state index in [-0.39, 0.29) is 0 Å². The van der Waals surface area contributed by atoms with Gasteiger partial charge in [0.05, 0.1) is 13.6 Å². The van der Waals surface area contributed by atoms with Gasteiger partial charge in [0.25, 0.3) is 0 Å². The molecule has 19 heavy (non-hydrogen) atoms. The zero-order chi connectivity index (χ0) is 13.8. The van der Waals surface area contributed by atoms with Crippen molar-refractivity contribution in [1.29, 1.82) is 0 Å². The SMILES string of the molecule is Cn1cc[n+](CCCCCCCCCCCCO)c1. The van der Waals surface area contributed by atoms with Crippen LogP contribution in [0.4, 0.5) is 0 Å². The lowest BCUT2D eigenvalue weighted by Crippen LogP contribution is -2.30. The summed E-state index contributed by atoms with van der Waals surface area (Å²) in [5.41, 5.74) is 0. The first kappa shape index (κ1) is 16.2. The number of aliphatic hydroxyl groups excluding tert-OH is 1. The lowest BCUT2D eigenvalue weighted by molar-refractivity contribution is -0.696. The normalized spacial score (nSPS) is 11.1. The van der Waals surface area contributed by atoms with Crippen LogP contribution in [0.1, 0.15) is 64.2 Å². The standard InChI is InChI=1S/C16H31N2O/c1-17-13-14-18(16-17)12-10-8-6-4-2-3-5-7-9-11-15-19/h13-14,16,19H,2-12,15H2,1H3/q+1. The Morgan fingerprint density at radius 2 is 1.37 bits per heavy atom. The van der Waals surface area contributed by atoms with Gasteiger partial charge in [-0.15, -0.1) is 0 Å². The van der Waals surface area contributed by atoms with Crippen molar-refractivity contribution in [2.24, 2.45) is 7.05 Å². The fourth-order valence-electron chi connectivity index (χ4n) is 2.45. The van der Waals surface area contributed by atoms with E-state index in [1.54, 1.807) is 0 Å². The van der Waals surface area contributed by atoms with E-state index in [0.717, 1.165) is 13.0 Å². The quantitative estimate of drug-likeness (QED) is 0.457. The first-order valence-electron chi connectivity index (χ1n) is 7.95. The summed E-state index contributed by atoms with van der Waals surface area (Å²) in [6, 6.07) is 0. The van der Waals surface area contributed by atoms with Gasteiger partial charge in [-0.25, -0.2) is 9.13 Å². The largest absolute Gasteiger partial charge is 0.396 e. The van der Waals surface area contributed by atoms with E-state index >= 15 is 0 Å². The minimum absolute atomic E-state index is 0.361. The molecule has 0 fully saturated rings. The van der Waals surface area contributed by atoms with Crippen LogP contribution in [0.5, 0.6) is 0 Å². The van der Waals surface area contributed by atoms with E-state index < -0.39 is 0 Å². The maximum atomic E-state index is 8.67. The Morgan fingerprint density at radius 3 is 1.84 bits per heavy atom. The monoisotopic (exact) mass is 267 g/mol. The third kappa shape index (κ3) is 8.82. The molecule has 3 nitrogen and oxygen atoms in total. The molecule has 0 aliphatic carbocycles. The first-order chi connectivity index (χ1) is 9.33. The van der Waals surface area contributed by atoms with Crippen molar-refractivity contribution in [2.75, 3.05) is 6.61 Å². The minimum atomic E-state index is 0.361. The van der Waals surface area contributed by atoms with E-state index in [4.69, 9.17) is 5.11 Å². The van der Waals surface area contributed by atoms with Gasteiger partial charge in [-0.1, -0.05) is 44.9 Å². The molecule has 0 aliphatic rings. The summed E-state index contributed by atoms with van der Waals surface area (Å²) in [6.45, 7) is 1.52.